The number of ether oxygens (including phenoxy) is 1. The Morgan fingerprint density at radius 3 is 2.80 bits per heavy atom. The number of aromatic nitrogens is 2. The average Bonchev–Trinajstić information content (AvgIpc) is 2.80. The molecule has 2 rings (SSSR count). The lowest BCUT2D eigenvalue weighted by Gasteiger charge is -2.07. The van der Waals surface area contributed by atoms with E-state index in [1.165, 1.54) is 12.3 Å². The fourth-order valence-electron chi connectivity index (χ4n) is 1.71. The smallest absolute Gasteiger partial charge is 0.175 e. The summed E-state index contributed by atoms with van der Waals surface area (Å²) in [6.45, 7) is 1.18. The van der Waals surface area contributed by atoms with Crippen LogP contribution < -0.4 is 10.5 Å². The van der Waals surface area contributed by atoms with Crippen LogP contribution in [-0.2, 0) is 16.4 Å². The summed E-state index contributed by atoms with van der Waals surface area (Å²) in [6, 6.07) is 8.22. The molecule has 0 amide bonds. The molecule has 2 aromatic rings. The summed E-state index contributed by atoms with van der Waals surface area (Å²) < 4.78 is 30.1. The van der Waals surface area contributed by atoms with Crippen LogP contribution in [0, 0.1) is 0 Å². The molecule has 2 N–H and O–H groups in total. The molecule has 0 aliphatic carbocycles. The number of aryl methyl sites for hydroxylation is 1. The third kappa shape index (κ3) is 3.99. The van der Waals surface area contributed by atoms with Crippen molar-refractivity contribution in [2.24, 2.45) is 0 Å². The van der Waals surface area contributed by atoms with Gasteiger partial charge in [-0.15, -0.1) is 0 Å². The first-order chi connectivity index (χ1) is 9.45. The summed E-state index contributed by atoms with van der Waals surface area (Å²) in [5.74, 6) is 1.04. The topological polar surface area (TPSA) is 87.2 Å². The molecule has 0 unspecified atom stereocenters. The van der Waals surface area contributed by atoms with Crippen LogP contribution in [-0.4, -0.2) is 31.1 Å². The molecule has 7 heteroatoms. The Morgan fingerprint density at radius 1 is 1.35 bits per heavy atom. The quantitative estimate of drug-likeness (QED) is 0.813. The number of rotatable bonds is 6. The summed E-state index contributed by atoms with van der Waals surface area (Å²) in [4.78, 5) is 0.259. The molecule has 0 aliphatic rings. The van der Waals surface area contributed by atoms with E-state index in [1.54, 1.807) is 35.1 Å². The van der Waals surface area contributed by atoms with Crippen molar-refractivity contribution in [2.45, 2.75) is 17.9 Å². The first kappa shape index (κ1) is 14.4. The number of nitrogens with two attached hydrogens (primary N) is 1. The highest BCUT2D eigenvalue weighted by Gasteiger charge is 2.07. The Bertz CT molecular complexity index is 680. The Labute approximate surface area is 118 Å². The summed E-state index contributed by atoms with van der Waals surface area (Å²) in [7, 11) is -3.20. The molecule has 0 saturated heterocycles. The van der Waals surface area contributed by atoms with E-state index in [1.807, 2.05) is 0 Å². The van der Waals surface area contributed by atoms with E-state index in [9.17, 15) is 8.42 Å². The number of hydrogen-bond acceptors (Lipinski definition) is 5. The highest BCUT2D eigenvalue weighted by Crippen LogP contribution is 2.17. The predicted octanol–water partition coefficient (Wildman–Crippen LogP) is 1.34. The van der Waals surface area contributed by atoms with Crippen molar-refractivity contribution in [3.8, 4) is 5.75 Å². The SMILES string of the molecule is CS(=O)(=O)c1cccc(OCCCn2ccc(N)n2)c1. The number of sulfone groups is 1. The van der Waals surface area contributed by atoms with E-state index >= 15 is 0 Å². The molecule has 0 fully saturated rings. The van der Waals surface area contributed by atoms with Gasteiger partial charge in [0.15, 0.2) is 9.84 Å². The lowest BCUT2D eigenvalue weighted by atomic mass is 10.3. The zero-order chi connectivity index (χ0) is 14.6. The maximum atomic E-state index is 11.4. The van der Waals surface area contributed by atoms with E-state index < -0.39 is 9.84 Å². The molecular formula is C13H17N3O3S. The normalized spacial score (nSPS) is 11.4. The maximum absolute atomic E-state index is 11.4. The lowest BCUT2D eigenvalue weighted by Crippen LogP contribution is -2.06. The fraction of sp³-hybridized carbons (Fsp3) is 0.308. The first-order valence-electron chi connectivity index (χ1n) is 6.17. The second-order valence-electron chi connectivity index (χ2n) is 4.45. The molecule has 6 nitrogen and oxygen atoms in total. The van der Waals surface area contributed by atoms with Crippen molar-refractivity contribution in [3.05, 3.63) is 36.5 Å². The van der Waals surface area contributed by atoms with E-state index in [-0.39, 0.29) is 4.90 Å². The predicted molar refractivity (Wildman–Crippen MR) is 76.3 cm³/mol. The second kappa shape index (κ2) is 5.96. The van der Waals surface area contributed by atoms with Crippen LogP contribution in [0.4, 0.5) is 5.82 Å². The minimum atomic E-state index is -3.20. The Kier molecular flexibility index (Phi) is 4.29. The zero-order valence-electron chi connectivity index (χ0n) is 11.2. The Morgan fingerprint density at radius 2 is 2.15 bits per heavy atom. The van der Waals surface area contributed by atoms with Gasteiger partial charge in [-0.1, -0.05) is 6.07 Å². The van der Waals surface area contributed by atoms with Gasteiger partial charge in [0, 0.05) is 25.4 Å². The molecule has 0 bridgehead atoms. The highest BCUT2D eigenvalue weighted by atomic mass is 32.2. The Hall–Kier alpha value is -2.02. The van der Waals surface area contributed by atoms with E-state index in [4.69, 9.17) is 10.5 Å². The third-order valence-electron chi connectivity index (χ3n) is 2.70. The van der Waals surface area contributed by atoms with Gasteiger partial charge in [0.1, 0.15) is 11.6 Å². The molecule has 108 valence electrons. The van der Waals surface area contributed by atoms with Crippen molar-refractivity contribution in [1.29, 1.82) is 0 Å². The number of nitrogens with zero attached hydrogens (tertiary/aromatic N) is 2. The van der Waals surface area contributed by atoms with Crippen molar-refractivity contribution >= 4 is 15.7 Å². The van der Waals surface area contributed by atoms with Gasteiger partial charge in [-0.2, -0.15) is 5.10 Å². The van der Waals surface area contributed by atoms with Gasteiger partial charge in [-0.3, -0.25) is 4.68 Å². The van der Waals surface area contributed by atoms with Gasteiger partial charge in [0.25, 0.3) is 0 Å². The maximum Gasteiger partial charge on any atom is 0.175 e. The van der Waals surface area contributed by atoms with Gasteiger partial charge < -0.3 is 10.5 Å². The third-order valence-corrected chi connectivity index (χ3v) is 3.81. The molecule has 1 heterocycles. The summed E-state index contributed by atoms with van der Waals surface area (Å²) >= 11 is 0. The molecule has 0 atom stereocenters. The molecule has 20 heavy (non-hydrogen) atoms. The van der Waals surface area contributed by atoms with E-state index in [0.29, 0.717) is 24.7 Å². The number of hydrogen-bond donors (Lipinski definition) is 1. The van der Waals surface area contributed by atoms with E-state index in [2.05, 4.69) is 5.10 Å². The monoisotopic (exact) mass is 295 g/mol. The zero-order valence-corrected chi connectivity index (χ0v) is 12.0. The van der Waals surface area contributed by atoms with Crippen LogP contribution in [0.5, 0.6) is 5.75 Å². The summed E-state index contributed by atoms with van der Waals surface area (Å²) in [6.07, 6.45) is 3.73. The molecular weight excluding hydrogens is 278 g/mol. The van der Waals surface area contributed by atoms with Crippen LogP contribution in [0.15, 0.2) is 41.4 Å². The van der Waals surface area contributed by atoms with Crippen LogP contribution in [0.25, 0.3) is 0 Å². The van der Waals surface area contributed by atoms with Gasteiger partial charge >= 0.3 is 0 Å². The van der Waals surface area contributed by atoms with Crippen molar-refractivity contribution in [2.75, 3.05) is 18.6 Å². The summed E-state index contributed by atoms with van der Waals surface area (Å²) in [5, 5.41) is 4.06. The molecule has 0 saturated carbocycles. The van der Waals surface area contributed by atoms with Gasteiger partial charge in [0.2, 0.25) is 0 Å². The van der Waals surface area contributed by atoms with E-state index in [0.717, 1.165) is 6.42 Å². The van der Waals surface area contributed by atoms with Gasteiger partial charge in [-0.05, 0) is 24.3 Å². The van der Waals surface area contributed by atoms with Crippen LogP contribution in [0.2, 0.25) is 0 Å². The molecule has 1 aromatic carbocycles. The summed E-state index contributed by atoms with van der Waals surface area (Å²) in [5.41, 5.74) is 5.51. The largest absolute Gasteiger partial charge is 0.493 e. The lowest BCUT2D eigenvalue weighted by molar-refractivity contribution is 0.298. The van der Waals surface area contributed by atoms with Crippen molar-refractivity contribution < 1.29 is 13.2 Å². The molecule has 0 spiro atoms. The fourth-order valence-corrected chi connectivity index (χ4v) is 2.37. The van der Waals surface area contributed by atoms with Crippen molar-refractivity contribution in [3.63, 3.8) is 0 Å². The average molecular weight is 295 g/mol. The minimum absolute atomic E-state index is 0.259. The first-order valence-corrected chi connectivity index (χ1v) is 8.06. The second-order valence-corrected chi connectivity index (χ2v) is 6.47. The number of anilines is 1. The molecule has 0 aliphatic heterocycles. The Balaban J connectivity index is 1.85. The molecule has 0 radical (unpaired) electrons. The van der Waals surface area contributed by atoms with Gasteiger partial charge in [-0.25, -0.2) is 8.42 Å². The van der Waals surface area contributed by atoms with Crippen LogP contribution in [0.3, 0.4) is 0 Å². The van der Waals surface area contributed by atoms with Crippen LogP contribution in [0.1, 0.15) is 6.42 Å². The number of nitrogen functional groups attached to an aromatic ring is 1. The van der Waals surface area contributed by atoms with Crippen molar-refractivity contribution in [1.82, 2.24) is 9.78 Å². The van der Waals surface area contributed by atoms with Gasteiger partial charge in [0.05, 0.1) is 11.5 Å². The molecule has 1 aromatic heterocycles. The standard InChI is InChI=1S/C13H17N3O3S/c1-20(17,18)12-5-2-4-11(10-12)19-9-3-7-16-8-6-13(14)15-16/h2,4-6,8,10H,3,7,9H2,1H3,(H2,14,15). The highest BCUT2D eigenvalue weighted by molar-refractivity contribution is 7.90. The minimum Gasteiger partial charge on any atom is -0.493 e. The number of benzene rings is 1. The van der Waals surface area contributed by atoms with Crippen LogP contribution >= 0.6 is 0 Å².